The molecule has 22 heavy (non-hydrogen) atoms. The fourth-order valence-corrected chi connectivity index (χ4v) is 2.80. The molecule has 0 aliphatic heterocycles. The molecule has 8 heteroatoms. The molecule has 0 bridgehead atoms. The van der Waals surface area contributed by atoms with Crippen molar-refractivity contribution in [3.8, 4) is 11.1 Å². The maximum absolute atomic E-state index is 12.1. The summed E-state index contributed by atoms with van der Waals surface area (Å²) in [6, 6.07) is 7.27. The van der Waals surface area contributed by atoms with Crippen LogP contribution in [0.1, 0.15) is 10.4 Å². The largest absolute Gasteiger partial charge is 0.477 e. The van der Waals surface area contributed by atoms with E-state index in [0.29, 0.717) is 11.1 Å². The Kier molecular flexibility index (Phi) is 4.16. The van der Waals surface area contributed by atoms with E-state index in [1.807, 2.05) is 0 Å². The number of nitrogens with one attached hydrogen (secondary N) is 1. The van der Waals surface area contributed by atoms with Crippen molar-refractivity contribution >= 4 is 16.0 Å². The van der Waals surface area contributed by atoms with Gasteiger partial charge in [0.05, 0.1) is 4.90 Å². The SMILES string of the molecule is CN(C)S(=O)(=O)c1cccc(-c2c[nH]c(=O)c(C(=O)O)c2)c1. The molecule has 0 aliphatic carbocycles. The smallest absolute Gasteiger partial charge is 0.341 e. The highest BCUT2D eigenvalue weighted by Gasteiger charge is 2.18. The van der Waals surface area contributed by atoms with Crippen molar-refractivity contribution in [1.29, 1.82) is 0 Å². The van der Waals surface area contributed by atoms with E-state index in [1.54, 1.807) is 12.1 Å². The number of carboxylic acids is 1. The highest BCUT2D eigenvalue weighted by molar-refractivity contribution is 7.89. The first-order valence-electron chi connectivity index (χ1n) is 6.22. The van der Waals surface area contributed by atoms with Gasteiger partial charge in [-0.1, -0.05) is 12.1 Å². The summed E-state index contributed by atoms with van der Waals surface area (Å²) >= 11 is 0. The van der Waals surface area contributed by atoms with Gasteiger partial charge >= 0.3 is 5.97 Å². The first kappa shape index (κ1) is 15.9. The van der Waals surface area contributed by atoms with Gasteiger partial charge in [0.15, 0.2) is 0 Å². The normalized spacial score (nSPS) is 11.6. The second-order valence-corrected chi connectivity index (χ2v) is 6.90. The summed E-state index contributed by atoms with van der Waals surface area (Å²) in [5.74, 6) is -1.35. The number of hydrogen-bond donors (Lipinski definition) is 2. The zero-order chi connectivity index (χ0) is 16.5. The van der Waals surface area contributed by atoms with Gasteiger partial charge < -0.3 is 10.1 Å². The predicted octanol–water partition coefficient (Wildman–Crippen LogP) is 0.990. The van der Waals surface area contributed by atoms with Crippen LogP contribution in [-0.4, -0.2) is 42.9 Å². The molecule has 0 unspecified atom stereocenters. The number of pyridine rings is 1. The minimum absolute atomic E-state index is 0.0816. The van der Waals surface area contributed by atoms with Gasteiger partial charge in [0, 0.05) is 20.3 Å². The molecule has 1 aromatic heterocycles. The third kappa shape index (κ3) is 2.92. The topological polar surface area (TPSA) is 108 Å². The number of aromatic carboxylic acids is 1. The van der Waals surface area contributed by atoms with Crippen LogP contribution in [0.3, 0.4) is 0 Å². The average molecular weight is 322 g/mol. The summed E-state index contributed by atoms with van der Waals surface area (Å²) in [5.41, 5.74) is -0.221. The highest BCUT2D eigenvalue weighted by Crippen LogP contribution is 2.23. The molecule has 7 nitrogen and oxygen atoms in total. The van der Waals surface area contributed by atoms with E-state index in [4.69, 9.17) is 5.11 Å². The van der Waals surface area contributed by atoms with Gasteiger partial charge in [-0.25, -0.2) is 17.5 Å². The third-order valence-electron chi connectivity index (χ3n) is 3.08. The van der Waals surface area contributed by atoms with E-state index in [-0.39, 0.29) is 4.90 Å². The lowest BCUT2D eigenvalue weighted by Crippen LogP contribution is -2.22. The maximum Gasteiger partial charge on any atom is 0.341 e. The van der Waals surface area contributed by atoms with Crippen LogP contribution in [0.15, 0.2) is 46.2 Å². The number of carboxylic acid groups (broad SMARTS) is 1. The number of benzene rings is 1. The van der Waals surface area contributed by atoms with Gasteiger partial charge in [0.1, 0.15) is 5.56 Å². The van der Waals surface area contributed by atoms with Crippen molar-refractivity contribution in [3.63, 3.8) is 0 Å². The number of hydrogen-bond acceptors (Lipinski definition) is 4. The molecule has 2 aromatic rings. The minimum Gasteiger partial charge on any atom is -0.477 e. The third-order valence-corrected chi connectivity index (χ3v) is 4.89. The Hall–Kier alpha value is -2.45. The Labute approximate surface area is 126 Å². The monoisotopic (exact) mass is 322 g/mol. The first-order chi connectivity index (χ1) is 10.2. The number of H-pyrrole nitrogens is 1. The molecule has 1 aromatic carbocycles. The summed E-state index contributed by atoms with van der Waals surface area (Å²) in [4.78, 5) is 24.8. The van der Waals surface area contributed by atoms with Crippen LogP contribution in [0, 0.1) is 0 Å². The molecule has 2 rings (SSSR count). The lowest BCUT2D eigenvalue weighted by Gasteiger charge is -2.12. The Bertz CT molecular complexity index is 884. The van der Waals surface area contributed by atoms with Crippen LogP contribution in [0.25, 0.3) is 11.1 Å². The molecule has 0 atom stereocenters. The van der Waals surface area contributed by atoms with Gasteiger partial charge in [0.25, 0.3) is 5.56 Å². The van der Waals surface area contributed by atoms with Gasteiger partial charge in [-0.2, -0.15) is 0 Å². The molecule has 116 valence electrons. The van der Waals surface area contributed by atoms with Gasteiger partial charge in [-0.15, -0.1) is 0 Å². The molecule has 0 radical (unpaired) electrons. The van der Waals surface area contributed by atoms with Crippen LogP contribution >= 0.6 is 0 Å². The summed E-state index contributed by atoms with van der Waals surface area (Å²) in [6.07, 6.45) is 1.34. The molecule has 2 N–H and O–H groups in total. The number of aromatic amines is 1. The van der Waals surface area contributed by atoms with E-state index < -0.39 is 27.1 Å². The summed E-state index contributed by atoms with van der Waals surface area (Å²) in [5, 5.41) is 8.97. The van der Waals surface area contributed by atoms with E-state index >= 15 is 0 Å². The molecule has 0 saturated heterocycles. The number of aromatic nitrogens is 1. The molecule has 0 fully saturated rings. The van der Waals surface area contributed by atoms with Crippen molar-refractivity contribution in [3.05, 3.63) is 52.4 Å². The number of sulfonamides is 1. The van der Waals surface area contributed by atoms with E-state index in [9.17, 15) is 18.0 Å². The van der Waals surface area contributed by atoms with E-state index in [0.717, 1.165) is 4.31 Å². The van der Waals surface area contributed by atoms with Crippen LogP contribution in [0.2, 0.25) is 0 Å². The van der Waals surface area contributed by atoms with Gasteiger partial charge in [-0.3, -0.25) is 4.79 Å². The molecule has 1 heterocycles. The van der Waals surface area contributed by atoms with Crippen LogP contribution in [0.4, 0.5) is 0 Å². The quantitative estimate of drug-likeness (QED) is 0.873. The zero-order valence-electron chi connectivity index (χ0n) is 11.9. The molecule has 0 spiro atoms. The Balaban J connectivity index is 2.58. The van der Waals surface area contributed by atoms with E-state index in [1.165, 1.54) is 38.5 Å². The van der Waals surface area contributed by atoms with Gasteiger partial charge in [0.2, 0.25) is 10.0 Å². The summed E-state index contributed by atoms with van der Waals surface area (Å²) < 4.78 is 25.3. The highest BCUT2D eigenvalue weighted by atomic mass is 32.2. The summed E-state index contributed by atoms with van der Waals surface area (Å²) in [6.45, 7) is 0. The summed E-state index contributed by atoms with van der Waals surface area (Å²) in [7, 11) is -0.755. The molecule has 0 amide bonds. The lowest BCUT2D eigenvalue weighted by molar-refractivity contribution is 0.0695. The van der Waals surface area contributed by atoms with Crippen molar-refractivity contribution in [2.75, 3.05) is 14.1 Å². The number of nitrogens with zero attached hydrogens (tertiary/aromatic N) is 1. The molecule has 0 aliphatic rings. The average Bonchev–Trinajstić information content (AvgIpc) is 2.47. The Morgan fingerprint density at radius 2 is 1.86 bits per heavy atom. The molecular formula is C14H14N2O5S. The second-order valence-electron chi connectivity index (χ2n) is 4.75. The van der Waals surface area contributed by atoms with Crippen LogP contribution in [-0.2, 0) is 10.0 Å². The van der Waals surface area contributed by atoms with Crippen LogP contribution in [0.5, 0.6) is 0 Å². The fourth-order valence-electron chi connectivity index (χ4n) is 1.86. The van der Waals surface area contributed by atoms with E-state index in [2.05, 4.69) is 4.98 Å². The van der Waals surface area contributed by atoms with Crippen molar-refractivity contribution in [2.45, 2.75) is 4.90 Å². The minimum atomic E-state index is -3.60. The van der Waals surface area contributed by atoms with Crippen molar-refractivity contribution in [2.24, 2.45) is 0 Å². The molecular weight excluding hydrogens is 308 g/mol. The lowest BCUT2D eigenvalue weighted by atomic mass is 10.1. The standard InChI is InChI=1S/C14H14N2O5S/c1-16(2)22(20,21)11-5-3-4-9(6-11)10-7-12(14(18)19)13(17)15-8-10/h3-8H,1-2H3,(H,15,17)(H,18,19). The molecule has 0 saturated carbocycles. The number of carbonyl (C=O) groups is 1. The zero-order valence-corrected chi connectivity index (χ0v) is 12.7. The second kappa shape index (κ2) is 5.74. The number of rotatable bonds is 4. The Morgan fingerprint density at radius 3 is 2.45 bits per heavy atom. The predicted molar refractivity (Wildman–Crippen MR) is 80.3 cm³/mol. The first-order valence-corrected chi connectivity index (χ1v) is 7.66. The van der Waals surface area contributed by atoms with Crippen LogP contribution < -0.4 is 5.56 Å². The Morgan fingerprint density at radius 1 is 1.18 bits per heavy atom. The van der Waals surface area contributed by atoms with Crippen molar-refractivity contribution in [1.82, 2.24) is 9.29 Å². The van der Waals surface area contributed by atoms with Crippen molar-refractivity contribution < 1.29 is 18.3 Å². The fraction of sp³-hybridized carbons (Fsp3) is 0.143. The maximum atomic E-state index is 12.1. The van der Waals surface area contributed by atoms with Gasteiger partial charge in [-0.05, 0) is 29.3 Å².